The summed E-state index contributed by atoms with van der Waals surface area (Å²) in [4.78, 5) is 106. The van der Waals surface area contributed by atoms with Gasteiger partial charge in [-0.25, -0.2) is 15.6 Å². The molecule has 0 bridgehead atoms. The zero-order valence-corrected chi connectivity index (χ0v) is 71.5. The summed E-state index contributed by atoms with van der Waals surface area (Å²) in [7, 11) is 2.20. The fourth-order valence-electron chi connectivity index (χ4n) is 17.3. The molecule has 6 amide bonds. The summed E-state index contributed by atoms with van der Waals surface area (Å²) in [6, 6.07) is -6.88. The highest BCUT2D eigenvalue weighted by atomic mass is 16.8. The zero-order valence-electron chi connectivity index (χ0n) is 71.5. The van der Waals surface area contributed by atoms with Crippen molar-refractivity contribution in [3.63, 3.8) is 0 Å². The fourth-order valence-corrected chi connectivity index (χ4v) is 17.3. The van der Waals surface area contributed by atoms with Crippen molar-refractivity contribution in [2.24, 2.45) is 17.8 Å². The Morgan fingerprint density at radius 1 is 0.336 bits per heavy atom. The first kappa shape index (κ1) is 107. The van der Waals surface area contributed by atoms with Crippen molar-refractivity contribution in [3.05, 3.63) is 0 Å². The van der Waals surface area contributed by atoms with Gasteiger partial charge in [0.05, 0.1) is 44.7 Å². The fraction of sp³-hybridized carbons (Fsp3) is 0.892. The predicted molar refractivity (Wildman–Crippen MR) is 410 cm³/mol. The number of hydrogen-bond acceptors (Lipinski definition) is 50. The first-order valence-corrected chi connectivity index (χ1v) is 42.0. The Kier molecular flexibility index (Phi) is 38.6. The lowest BCUT2D eigenvalue weighted by atomic mass is 9.76. The van der Waals surface area contributed by atoms with E-state index in [0.29, 0.717) is 6.29 Å². The van der Waals surface area contributed by atoms with Crippen LogP contribution in [0.4, 0.5) is 0 Å². The maximum Gasteiger partial charge on any atom is 0.333 e. The van der Waals surface area contributed by atoms with Crippen LogP contribution in [0, 0.1) is 17.8 Å². The molecule has 0 spiro atoms. The molecular formula is C74H122N8O49. The number of aliphatic carboxylic acids is 1. The van der Waals surface area contributed by atoms with E-state index in [-0.39, 0.29) is 12.8 Å². The largest absolute Gasteiger partial charge is 0.479 e. The number of carbonyl (C=O) groups is 8. The number of amides is 6. The molecule has 50 atom stereocenters. The Bertz CT molecular complexity index is 3710. The van der Waals surface area contributed by atoms with Crippen LogP contribution in [0.3, 0.4) is 0 Å². The van der Waals surface area contributed by atoms with Gasteiger partial charge in [0, 0.05) is 66.8 Å². The summed E-state index contributed by atoms with van der Waals surface area (Å²) in [6.07, 6.45) is -88.6. The standard InChI is InChI=1S/C74H122N8O49/c1-9-24-37(93)49(105)72(123-54(24)65(112)113)126-58-35(80-22(6)91)69(122-31(17-87)44(58)100)128-60-48(104)53(109)74(125-57-33(78-20(4)89)67(115-8)120-29(15-85)43(57)99)130-62(60)64(111)82-76-12-27-40(96)46(102)51(107)71(118-27)131-70-50(106)45(101)39(95)26(117-70)11-75-81-63(110)61-59(47(103)52(108)73(129-61)124-56-32(77-19(3)88)66(114-7)119-28(14-84)42(56)98)127-68-34(79-21(5)90)55(41(97)30(16-86)121-68)116-25-10-23(13-83)18(2)36(92)38(25)94/h13,18,23-62,66-76,84-87,92-109H,9-12,14-17H2,1-8H3,(H,77,88)(H,78,89)(H,79,90)(H,80,91)(H,81,110)(H,82,111)(H,112,113)/t18-,23?,24+,25-,26?,27?,28?,29?,30?,31?,32?,33?,34?,35?,36+,37+,38?,39-,40-,41-,42-,43-,44-,45+,46+,47-,48-,49?,50?,51?,52?,53?,54?,55-,56-,57-,58-,59+,60+,61?,62?,66-,67-,68+,69+,70-,71-,72+,73-,74-/m1/s1. The number of aliphatic hydroxyl groups is 22. The lowest BCUT2D eigenvalue weighted by molar-refractivity contribution is -0.372. The Balaban J connectivity index is 0.875. The van der Waals surface area contributed by atoms with Crippen LogP contribution in [0.2, 0.25) is 0 Å². The Morgan fingerprint density at radius 2 is 0.634 bits per heavy atom. The first-order valence-electron chi connectivity index (χ1n) is 42.0. The van der Waals surface area contributed by atoms with Crippen LogP contribution in [-0.2, 0) is 124 Å². The number of carboxylic acid groups (broad SMARTS) is 1. The van der Waals surface area contributed by atoms with E-state index in [9.17, 15) is 156 Å². The molecule has 0 aromatic carbocycles. The number of hydrazine groups is 2. The van der Waals surface area contributed by atoms with E-state index in [0.717, 1.165) is 41.9 Å². The molecule has 0 aromatic rings. The molecule has 57 nitrogen and oxygen atoms in total. The van der Waals surface area contributed by atoms with E-state index < -0.39 is 387 Å². The van der Waals surface area contributed by atoms with Crippen molar-refractivity contribution in [1.82, 2.24) is 43.0 Å². The van der Waals surface area contributed by atoms with Crippen LogP contribution < -0.4 is 43.0 Å². The number of hydrogen-bond donors (Lipinski definition) is 31. The minimum Gasteiger partial charge on any atom is -0.479 e. The van der Waals surface area contributed by atoms with Crippen molar-refractivity contribution in [2.75, 3.05) is 53.7 Å². The Morgan fingerprint density at radius 3 is 0.954 bits per heavy atom. The van der Waals surface area contributed by atoms with E-state index in [1.807, 2.05) is 0 Å². The highest BCUT2D eigenvalue weighted by molar-refractivity contribution is 5.82. The monoisotopic (exact) mass is 1910 g/mol. The molecule has 10 fully saturated rings. The third-order valence-electron chi connectivity index (χ3n) is 24.5. The molecule has 1 saturated carbocycles. The summed E-state index contributed by atoms with van der Waals surface area (Å²) < 4.78 is 105. The lowest BCUT2D eigenvalue weighted by Gasteiger charge is -2.50. The summed E-state index contributed by atoms with van der Waals surface area (Å²) >= 11 is 0. The lowest BCUT2D eigenvalue weighted by Crippen LogP contribution is -2.71. The van der Waals surface area contributed by atoms with Crippen LogP contribution in [0.5, 0.6) is 0 Å². The van der Waals surface area contributed by atoms with Gasteiger partial charge in [0.25, 0.3) is 11.8 Å². The van der Waals surface area contributed by atoms with Crippen molar-refractivity contribution < 1.29 is 241 Å². The second-order valence-corrected chi connectivity index (χ2v) is 33.3. The molecule has 57 heteroatoms. The summed E-state index contributed by atoms with van der Waals surface area (Å²) in [5.41, 5.74) is 8.99. The van der Waals surface area contributed by atoms with E-state index in [2.05, 4.69) is 43.0 Å². The average molecular weight is 1910 g/mol. The third kappa shape index (κ3) is 24.0. The van der Waals surface area contributed by atoms with Gasteiger partial charge in [-0.05, 0) is 18.8 Å². The van der Waals surface area contributed by atoms with Gasteiger partial charge in [-0.1, -0.05) is 13.8 Å². The molecule has 0 radical (unpaired) electrons. The van der Waals surface area contributed by atoms with Crippen molar-refractivity contribution in [1.29, 1.82) is 0 Å². The van der Waals surface area contributed by atoms with Crippen molar-refractivity contribution in [3.8, 4) is 0 Å². The number of rotatable bonds is 35. The summed E-state index contributed by atoms with van der Waals surface area (Å²) in [6.45, 7) is 1.02. The normalized spacial score (nSPS) is 46.9. The van der Waals surface area contributed by atoms with Crippen LogP contribution in [0.25, 0.3) is 0 Å². The molecule has 752 valence electrons. The second kappa shape index (κ2) is 47.1. The number of aliphatic hydroxyl groups excluding tert-OH is 22. The molecule has 1 aliphatic carbocycles. The van der Waals surface area contributed by atoms with Gasteiger partial charge >= 0.3 is 5.97 Å². The van der Waals surface area contributed by atoms with Crippen LogP contribution >= 0.6 is 0 Å². The number of aldehydes is 1. The van der Waals surface area contributed by atoms with Crippen LogP contribution in [0.15, 0.2) is 0 Å². The Hall–Kier alpha value is -5.72. The van der Waals surface area contributed by atoms with E-state index in [4.69, 9.17) is 85.3 Å². The van der Waals surface area contributed by atoms with E-state index in [1.165, 1.54) is 13.8 Å². The number of ether oxygens (including phenoxy) is 18. The van der Waals surface area contributed by atoms with Gasteiger partial charge < -0.3 is 229 Å². The summed E-state index contributed by atoms with van der Waals surface area (Å²) in [5.74, 6) is -11.0. The average Bonchev–Trinajstić information content (AvgIpc) is 0.766. The molecule has 131 heavy (non-hydrogen) atoms. The maximum absolute atomic E-state index is 14.9. The molecule has 20 unspecified atom stereocenters. The number of methoxy groups -OCH3 is 2. The third-order valence-corrected chi connectivity index (χ3v) is 24.5. The molecule has 0 aromatic heterocycles. The van der Waals surface area contributed by atoms with Gasteiger partial charge in [0.2, 0.25) is 23.6 Å². The zero-order chi connectivity index (χ0) is 96.7. The van der Waals surface area contributed by atoms with Gasteiger partial charge in [0.15, 0.2) is 74.9 Å². The minimum atomic E-state index is -2.52. The minimum absolute atomic E-state index is 0.0576. The van der Waals surface area contributed by atoms with Gasteiger partial charge in [-0.2, -0.15) is 0 Å². The molecular weight excluding hydrogens is 1780 g/mol. The number of carbonyl (C=O) groups excluding carboxylic acids is 7. The molecule has 9 heterocycles. The number of carboxylic acids is 1. The van der Waals surface area contributed by atoms with Gasteiger partial charge in [0.1, 0.15) is 201 Å². The highest BCUT2D eigenvalue weighted by Crippen LogP contribution is 2.41. The first-order chi connectivity index (χ1) is 61.9. The smallest absolute Gasteiger partial charge is 0.333 e. The predicted octanol–water partition coefficient (Wildman–Crippen LogP) is -19.8. The summed E-state index contributed by atoms with van der Waals surface area (Å²) in [5, 5.41) is 269. The second-order valence-electron chi connectivity index (χ2n) is 33.3. The molecule has 9 aliphatic heterocycles. The SMILES string of the molecule is CC[C@@H]1C(C(=O)O)O[C@@H](O[C@@H]2C(NC(C)=O)[C@H](O[C@@H]3C(C(=O)NNCC4O[C@H](O[C@H]5OC(CNNC(=O)C6O[C@@H](O[C@@H]7C(NC(C)=O)[C@H](OC)OC(CO)[C@H]7O)C(O)[C@@H](O)[C@@H]6O[C@@H]6OC(CO)[C@@H](O)[C@H](O[C@@H]7CC(C=O)[C@@H](C)[C@H](O)C7O)C6NC(C)=O)[C@@H](O)[C@H](O)C5O)C(O)[C@@H](O)[C@@H]4O)O[C@@H](O[C@@H]4C(NC(C)=O)[C@H](OC)OC(CO)[C@H]4O)C(O)[C@H]3O)OC(CO)[C@H]2O)C(O)[C@H]1O. The van der Waals surface area contributed by atoms with Crippen LogP contribution in [0.1, 0.15) is 54.4 Å². The van der Waals surface area contributed by atoms with E-state index in [1.54, 1.807) is 0 Å². The van der Waals surface area contributed by atoms with E-state index >= 15 is 0 Å². The van der Waals surface area contributed by atoms with Crippen molar-refractivity contribution >= 4 is 47.7 Å². The topological polar surface area (TPSA) is 864 Å². The maximum atomic E-state index is 14.9. The van der Waals surface area contributed by atoms with Crippen molar-refractivity contribution in [2.45, 2.75) is 343 Å². The number of nitrogens with one attached hydrogen (secondary N) is 8. The molecule has 10 aliphatic rings. The Labute approximate surface area is 743 Å². The van der Waals surface area contributed by atoms with Gasteiger partial charge in [-0.3, -0.25) is 39.6 Å². The molecule has 10 rings (SSSR count). The highest BCUT2D eigenvalue weighted by Gasteiger charge is 2.62. The van der Waals surface area contributed by atoms with Gasteiger partial charge in [-0.15, -0.1) is 0 Å². The quantitative estimate of drug-likeness (QED) is 0.0207. The van der Waals surface area contributed by atoms with Crippen LogP contribution in [-0.4, -0.2) is 507 Å². The molecule has 9 saturated heterocycles. The molecule has 31 N–H and O–H groups in total.